The van der Waals surface area contributed by atoms with E-state index in [2.05, 4.69) is 35.2 Å². The Morgan fingerprint density at radius 2 is 1.71 bits per heavy atom. The Morgan fingerprint density at radius 1 is 1.06 bits per heavy atom. The monoisotopic (exact) mass is 229 g/mol. The van der Waals surface area contributed by atoms with Crippen LogP contribution in [-0.4, -0.2) is 23.8 Å². The Bertz CT molecular complexity index is 385. The van der Waals surface area contributed by atoms with Crippen LogP contribution in [0.25, 0.3) is 0 Å². The van der Waals surface area contributed by atoms with Crippen LogP contribution >= 0.6 is 0 Å². The van der Waals surface area contributed by atoms with Gasteiger partial charge in [0.2, 0.25) is 0 Å². The molecule has 0 spiro atoms. The van der Waals surface area contributed by atoms with Gasteiger partial charge in [0, 0.05) is 31.5 Å². The predicted octanol–water partition coefficient (Wildman–Crippen LogP) is 2.49. The van der Waals surface area contributed by atoms with Crippen molar-refractivity contribution in [3.8, 4) is 0 Å². The SMILES string of the molecule is O=C1C2CCC[C@H]1CN(Cc1ccccc1)C2. The Hall–Kier alpha value is -1.15. The van der Waals surface area contributed by atoms with Crippen molar-refractivity contribution in [3.05, 3.63) is 35.9 Å². The number of hydrogen-bond acceptors (Lipinski definition) is 2. The Labute approximate surface area is 103 Å². The van der Waals surface area contributed by atoms with Gasteiger partial charge in [-0.1, -0.05) is 36.8 Å². The molecule has 2 nitrogen and oxygen atoms in total. The highest BCUT2D eigenvalue weighted by Gasteiger charge is 2.37. The van der Waals surface area contributed by atoms with Crippen LogP contribution in [0.3, 0.4) is 0 Å². The van der Waals surface area contributed by atoms with Crippen LogP contribution in [0.15, 0.2) is 30.3 Å². The first-order chi connectivity index (χ1) is 8.33. The third-order valence-corrected chi connectivity index (χ3v) is 4.12. The quantitative estimate of drug-likeness (QED) is 0.776. The van der Waals surface area contributed by atoms with Crippen molar-refractivity contribution < 1.29 is 4.79 Å². The van der Waals surface area contributed by atoms with E-state index in [4.69, 9.17) is 0 Å². The average Bonchev–Trinajstić information content (AvgIpc) is 2.32. The number of rotatable bonds is 2. The molecule has 2 bridgehead atoms. The van der Waals surface area contributed by atoms with Crippen LogP contribution in [-0.2, 0) is 11.3 Å². The maximum absolute atomic E-state index is 12.0. The molecule has 2 aliphatic rings. The highest BCUT2D eigenvalue weighted by atomic mass is 16.1. The zero-order valence-electron chi connectivity index (χ0n) is 10.1. The van der Waals surface area contributed by atoms with E-state index in [1.54, 1.807) is 0 Å². The second-order valence-electron chi connectivity index (χ2n) is 5.41. The van der Waals surface area contributed by atoms with Crippen LogP contribution in [0.2, 0.25) is 0 Å². The summed E-state index contributed by atoms with van der Waals surface area (Å²) < 4.78 is 0. The number of nitrogens with zero attached hydrogens (tertiary/aromatic N) is 1. The summed E-state index contributed by atoms with van der Waals surface area (Å²) in [6, 6.07) is 10.6. The molecular weight excluding hydrogens is 210 g/mol. The smallest absolute Gasteiger partial charge is 0.141 e. The van der Waals surface area contributed by atoms with Crippen LogP contribution in [0.1, 0.15) is 24.8 Å². The molecule has 0 amide bonds. The molecule has 17 heavy (non-hydrogen) atoms. The number of carbonyl (C=O) groups is 1. The maximum Gasteiger partial charge on any atom is 0.141 e. The summed E-state index contributed by atoms with van der Waals surface area (Å²) in [6.45, 7) is 2.95. The number of benzene rings is 1. The number of hydrogen-bond donors (Lipinski definition) is 0. The summed E-state index contributed by atoms with van der Waals surface area (Å²) in [7, 11) is 0. The number of fused-ring (bicyclic) bond motifs is 2. The second-order valence-corrected chi connectivity index (χ2v) is 5.41. The largest absolute Gasteiger partial charge is 0.299 e. The van der Waals surface area contributed by atoms with Crippen molar-refractivity contribution >= 4 is 5.78 Å². The molecule has 1 aromatic rings. The van der Waals surface area contributed by atoms with Crippen molar-refractivity contribution in [1.29, 1.82) is 0 Å². The van der Waals surface area contributed by atoms with E-state index in [1.165, 1.54) is 12.0 Å². The molecule has 1 heterocycles. The number of carbonyl (C=O) groups excluding carboxylic acids is 1. The highest BCUT2D eigenvalue weighted by molar-refractivity contribution is 5.85. The fraction of sp³-hybridized carbons (Fsp3) is 0.533. The van der Waals surface area contributed by atoms with Gasteiger partial charge in [-0.3, -0.25) is 9.69 Å². The molecule has 2 atom stereocenters. The maximum atomic E-state index is 12.0. The lowest BCUT2D eigenvalue weighted by atomic mass is 9.76. The molecule has 2 fully saturated rings. The minimum absolute atomic E-state index is 0.325. The van der Waals surface area contributed by atoms with Crippen LogP contribution < -0.4 is 0 Å². The van der Waals surface area contributed by atoms with E-state index in [0.29, 0.717) is 17.6 Å². The average molecular weight is 229 g/mol. The van der Waals surface area contributed by atoms with Gasteiger partial charge in [-0.05, 0) is 18.4 Å². The third-order valence-electron chi connectivity index (χ3n) is 4.12. The van der Waals surface area contributed by atoms with Gasteiger partial charge in [0.15, 0.2) is 0 Å². The van der Waals surface area contributed by atoms with Gasteiger partial charge < -0.3 is 0 Å². The van der Waals surface area contributed by atoms with Gasteiger partial charge >= 0.3 is 0 Å². The molecule has 1 unspecified atom stereocenters. The molecule has 1 aliphatic carbocycles. The zero-order chi connectivity index (χ0) is 11.7. The second kappa shape index (κ2) is 4.61. The van der Waals surface area contributed by atoms with E-state index < -0.39 is 0 Å². The third kappa shape index (κ3) is 2.27. The molecule has 2 heteroatoms. The minimum Gasteiger partial charge on any atom is -0.299 e. The summed E-state index contributed by atoms with van der Waals surface area (Å²) in [5.74, 6) is 1.19. The lowest BCUT2D eigenvalue weighted by Crippen LogP contribution is -2.48. The van der Waals surface area contributed by atoms with E-state index in [9.17, 15) is 4.79 Å². The van der Waals surface area contributed by atoms with E-state index >= 15 is 0 Å². The summed E-state index contributed by atoms with van der Waals surface area (Å²) in [4.78, 5) is 14.4. The molecule has 1 aliphatic heterocycles. The standard InChI is InChI=1S/C15H19NO/c17-15-13-7-4-8-14(15)11-16(10-13)9-12-5-2-1-3-6-12/h1-3,5-6,13-14H,4,7-11H2/t13-,14?/m0/s1. The molecule has 3 rings (SSSR count). The Kier molecular flexibility index (Phi) is 2.98. The van der Waals surface area contributed by atoms with Gasteiger partial charge in [0.1, 0.15) is 5.78 Å². The summed E-state index contributed by atoms with van der Waals surface area (Å²) >= 11 is 0. The fourth-order valence-electron chi connectivity index (χ4n) is 3.26. The van der Waals surface area contributed by atoms with E-state index in [1.807, 2.05) is 0 Å². The van der Waals surface area contributed by atoms with Crippen molar-refractivity contribution in [1.82, 2.24) is 4.90 Å². The van der Waals surface area contributed by atoms with Crippen molar-refractivity contribution in [2.24, 2.45) is 11.8 Å². The summed E-state index contributed by atoms with van der Waals surface area (Å²) in [6.07, 6.45) is 3.47. The van der Waals surface area contributed by atoms with E-state index in [0.717, 1.165) is 32.5 Å². The number of ketones is 1. The molecular formula is C15H19NO. The first-order valence-electron chi connectivity index (χ1n) is 6.63. The molecule has 0 N–H and O–H groups in total. The normalized spacial score (nSPS) is 29.3. The number of piperidine rings is 1. The van der Waals surface area contributed by atoms with Gasteiger partial charge in [-0.2, -0.15) is 0 Å². The van der Waals surface area contributed by atoms with Crippen LogP contribution in [0.4, 0.5) is 0 Å². The molecule has 1 aromatic carbocycles. The van der Waals surface area contributed by atoms with Gasteiger partial charge in [-0.15, -0.1) is 0 Å². The first-order valence-corrected chi connectivity index (χ1v) is 6.63. The summed E-state index contributed by atoms with van der Waals surface area (Å²) in [5, 5.41) is 0. The van der Waals surface area contributed by atoms with Crippen LogP contribution in [0, 0.1) is 11.8 Å². The Morgan fingerprint density at radius 3 is 2.35 bits per heavy atom. The highest BCUT2D eigenvalue weighted by Crippen LogP contribution is 2.32. The summed E-state index contributed by atoms with van der Waals surface area (Å²) in [5.41, 5.74) is 1.36. The molecule has 0 aromatic heterocycles. The van der Waals surface area contributed by atoms with Crippen molar-refractivity contribution in [2.45, 2.75) is 25.8 Å². The molecule has 1 saturated carbocycles. The minimum atomic E-state index is 0.325. The van der Waals surface area contributed by atoms with E-state index in [-0.39, 0.29) is 0 Å². The predicted molar refractivity (Wildman–Crippen MR) is 67.6 cm³/mol. The lowest BCUT2D eigenvalue weighted by Gasteiger charge is -2.40. The number of likely N-dealkylation sites (tertiary alicyclic amines) is 1. The number of Topliss-reactive ketones (excluding diaryl/α,β-unsaturated/α-hetero) is 1. The van der Waals surface area contributed by atoms with Crippen LogP contribution in [0.5, 0.6) is 0 Å². The Balaban J connectivity index is 1.68. The fourth-order valence-corrected chi connectivity index (χ4v) is 3.26. The van der Waals surface area contributed by atoms with Gasteiger partial charge in [-0.25, -0.2) is 0 Å². The molecule has 0 radical (unpaired) electrons. The molecule has 90 valence electrons. The lowest BCUT2D eigenvalue weighted by molar-refractivity contribution is -0.134. The topological polar surface area (TPSA) is 20.3 Å². The first kappa shape index (κ1) is 11.0. The van der Waals surface area contributed by atoms with Crippen molar-refractivity contribution in [3.63, 3.8) is 0 Å². The van der Waals surface area contributed by atoms with Crippen molar-refractivity contribution in [2.75, 3.05) is 13.1 Å². The molecule has 1 saturated heterocycles. The van der Waals surface area contributed by atoms with Gasteiger partial charge in [0.25, 0.3) is 0 Å². The zero-order valence-corrected chi connectivity index (χ0v) is 10.1. The van der Waals surface area contributed by atoms with Gasteiger partial charge in [0.05, 0.1) is 0 Å².